The number of hydrogen-bond acceptors (Lipinski definition) is 3. The van der Waals surface area contributed by atoms with E-state index in [9.17, 15) is 14.4 Å². The summed E-state index contributed by atoms with van der Waals surface area (Å²) in [6.07, 6.45) is 2.90. The van der Waals surface area contributed by atoms with Crippen molar-refractivity contribution in [3.05, 3.63) is 34.2 Å². The van der Waals surface area contributed by atoms with E-state index in [0.717, 1.165) is 6.42 Å². The molecule has 2 heterocycles. The number of carbonyl (C=O) groups excluding carboxylic acids is 2. The molecule has 1 fully saturated rings. The Morgan fingerprint density at radius 2 is 2.11 bits per heavy atom. The van der Waals surface area contributed by atoms with Gasteiger partial charge < -0.3 is 9.47 Å². The van der Waals surface area contributed by atoms with E-state index in [1.165, 1.54) is 4.90 Å². The highest BCUT2D eigenvalue weighted by atomic mass is 16.2. The Morgan fingerprint density at radius 1 is 1.32 bits per heavy atom. The lowest BCUT2D eigenvalue weighted by atomic mass is 10.2. The van der Waals surface area contributed by atoms with Gasteiger partial charge in [-0.2, -0.15) is 0 Å². The number of urea groups is 1. The lowest BCUT2D eigenvalue weighted by Gasteiger charge is -2.26. The Hall–Kier alpha value is -2.11. The molecule has 1 aromatic heterocycles. The molecule has 0 atom stereocenters. The maximum Gasteiger partial charge on any atom is 0.324 e. The molecule has 1 aliphatic rings. The minimum Gasteiger partial charge on any atom is -0.319 e. The molecule has 0 spiro atoms. The number of nitrogens with zero attached hydrogens (tertiary/aromatic N) is 2. The van der Waals surface area contributed by atoms with E-state index in [0.29, 0.717) is 18.7 Å². The average molecular weight is 263 g/mol. The SMILES string of the molecule is CCCn1cccc(CN2CCC(=O)NC2=O)c1=O. The van der Waals surface area contributed by atoms with Gasteiger partial charge in [-0.1, -0.05) is 13.0 Å². The van der Waals surface area contributed by atoms with Crippen LogP contribution in [0, 0.1) is 0 Å². The highest BCUT2D eigenvalue weighted by molar-refractivity contribution is 5.96. The number of aromatic nitrogens is 1. The Morgan fingerprint density at radius 3 is 2.79 bits per heavy atom. The fraction of sp³-hybridized carbons (Fsp3) is 0.462. The first kappa shape index (κ1) is 13.3. The highest BCUT2D eigenvalue weighted by Crippen LogP contribution is 2.05. The second-order valence-electron chi connectivity index (χ2n) is 4.56. The van der Waals surface area contributed by atoms with Crippen LogP contribution in [0.15, 0.2) is 23.1 Å². The molecule has 6 heteroatoms. The molecule has 0 aromatic carbocycles. The lowest BCUT2D eigenvalue weighted by molar-refractivity contribution is -0.121. The Balaban J connectivity index is 2.15. The number of pyridine rings is 1. The number of aryl methyl sites for hydroxylation is 1. The van der Waals surface area contributed by atoms with Crippen LogP contribution < -0.4 is 10.9 Å². The van der Waals surface area contributed by atoms with Gasteiger partial charge in [0.1, 0.15) is 0 Å². The minimum absolute atomic E-state index is 0.0750. The number of rotatable bonds is 4. The second-order valence-corrected chi connectivity index (χ2v) is 4.56. The van der Waals surface area contributed by atoms with Gasteiger partial charge in [0.2, 0.25) is 5.91 Å². The third-order valence-corrected chi connectivity index (χ3v) is 3.07. The van der Waals surface area contributed by atoms with Crippen molar-refractivity contribution >= 4 is 11.9 Å². The van der Waals surface area contributed by atoms with Crippen molar-refractivity contribution in [3.63, 3.8) is 0 Å². The Kier molecular flexibility index (Phi) is 3.99. The van der Waals surface area contributed by atoms with E-state index in [2.05, 4.69) is 5.32 Å². The molecule has 0 unspecified atom stereocenters. The summed E-state index contributed by atoms with van der Waals surface area (Å²) in [6, 6.07) is 3.10. The van der Waals surface area contributed by atoms with Crippen LogP contribution >= 0.6 is 0 Å². The topological polar surface area (TPSA) is 71.4 Å². The number of amides is 3. The number of nitrogens with one attached hydrogen (secondary N) is 1. The van der Waals surface area contributed by atoms with Crippen molar-refractivity contribution in [2.24, 2.45) is 0 Å². The van der Waals surface area contributed by atoms with Crippen molar-refractivity contribution in [1.82, 2.24) is 14.8 Å². The molecular weight excluding hydrogens is 246 g/mol. The molecule has 6 nitrogen and oxygen atoms in total. The van der Waals surface area contributed by atoms with Crippen LogP contribution in [0.1, 0.15) is 25.3 Å². The lowest BCUT2D eigenvalue weighted by Crippen LogP contribution is -2.49. The summed E-state index contributed by atoms with van der Waals surface area (Å²) < 4.78 is 1.64. The smallest absolute Gasteiger partial charge is 0.319 e. The van der Waals surface area contributed by atoms with Gasteiger partial charge >= 0.3 is 6.03 Å². The molecule has 1 saturated heterocycles. The summed E-state index contributed by atoms with van der Waals surface area (Å²) >= 11 is 0. The van der Waals surface area contributed by atoms with E-state index in [1.54, 1.807) is 22.9 Å². The summed E-state index contributed by atoms with van der Waals surface area (Å²) in [4.78, 5) is 36.3. The summed E-state index contributed by atoms with van der Waals surface area (Å²) in [7, 11) is 0. The molecule has 3 amide bonds. The van der Waals surface area contributed by atoms with Crippen LogP contribution in [0.2, 0.25) is 0 Å². The number of carbonyl (C=O) groups is 2. The highest BCUT2D eigenvalue weighted by Gasteiger charge is 2.23. The van der Waals surface area contributed by atoms with Crippen LogP contribution in [0.4, 0.5) is 4.79 Å². The molecule has 1 aromatic rings. The third kappa shape index (κ3) is 3.01. The first-order valence-corrected chi connectivity index (χ1v) is 6.39. The summed E-state index contributed by atoms with van der Waals surface area (Å²) in [5.41, 5.74) is 0.495. The van der Waals surface area contributed by atoms with Gasteiger partial charge in [0.15, 0.2) is 0 Å². The van der Waals surface area contributed by atoms with Crippen LogP contribution in [-0.4, -0.2) is 28.0 Å². The molecule has 1 aliphatic heterocycles. The normalized spacial score (nSPS) is 15.5. The van der Waals surface area contributed by atoms with Gasteiger partial charge in [0, 0.05) is 31.3 Å². The van der Waals surface area contributed by atoms with Gasteiger partial charge in [0.05, 0.1) is 6.54 Å². The number of hydrogen-bond donors (Lipinski definition) is 1. The maximum absolute atomic E-state index is 12.1. The van der Waals surface area contributed by atoms with Crippen molar-refractivity contribution in [2.45, 2.75) is 32.9 Å². The molecule has 0 bridgehead atoms. The first-order valence-electron chi connectivity index (χ1n) is 6.39. The van der Waals surface area contributed by atoms with Gasteiger partial charge in [-0.25, -0.2) is 4.79 Å². The van der Waals surface area contributed by atoms with Gasteiger partial charge in [-0.05, 0) is 12.5 Å². The van der Waals surface area contributed by atoms with Crippen molar-refractivity contribution in [3.8, 4) is 0 Å². The number of imide groups is 1. The molecule has 0 saturated carbocycles. The van der Waals surface area contributed by atoms with Crippen LogP contribution in [0.5, 0.6) is 0 Å². The van der Waals surface area contributed by atoms with Gasteiger partial charge in [-0.3, -0.25) is 14.9 Å². The van der Waals surface area contributed by atoms with E-state index in [4.69, 9.17) is 0 Å². The maximum atomic E-state index is 12.1. The fourth-order valence-electron chi connectivity index (χ4n) is 2.08. The monoisotopic (exact) mass is 263 g/mol. The van der Waals surface area contributed by atoms with Crippen LogP contribution in [0.25, 0.3) is 0 Å². The minimum atomic E-state index is -0.429. The average Bonchev–Trinajstić information content (AvgIpc) is 2.37. The van der Waals surface area contributed by atoms with E-state index >= 15 is 0 Å². The Labute approximate surface area is 111 Å². The van der Waals surface area contributed by atoms with E-state index in [1.807, 2.05) is 6.92 Å². The van der Waals surface area contributed by atoms with Crippen molar-refractivity contribution < 1.29 is 9.59 Å². The Bertz CT molecular complexity index is 550. The summed E-state index contributed by atoms with van der Waals surface area (Å²) in [6.45, 7) is 3.26. The second kappa shape index (κ2) is 5.69. The molecule has 2 rings (SSSR count). The largest absolute Gasteiger partial charge is 0.324 e. The zero-order valence-electron chi connectivity index (χ0n) is 10.9. The zero-order valence-corrected chi connectivity index (χ0v) is 10.9. The fourth-order valence-corrected chi connectivity index (χ4v) is 2.08. The van der Waals surface area contributed by atoms with Crippen LogP contribution in [-0.2, 0) is 17.9 Å². The summed E-state index contributed by atoms with van der Waals surface area (Å²) in [5.74, 6) is -0.266. The van der Waals surface area contributed by atoms with E-state index in [-0.39, 0.29) is 24.4 Å². The molecule has 1 N–H and O–H groups in total. The first-order chi connectivity index (χ1) is 9.11. The molecule has 102 valence electrons. The molecule has 19 heavy (non-hydrogen) atoms. The quantitative estimate of drug-likeness (QED) is 0.869. The molecule has 0 radical (unpaired) electrons. The predicted octanol–water partition coefficient (Wildman–Crippen LogP) is 0.700. The molecular formula is C13H17N3O3. The van der Waals surface area contributed by atoms with Crippen molar-refractivity contribution in [1.29, 1.82) is 0 Å². The van der Waals surface area contributed by atoms with Crippen molar-refractivity contribution in [2.75, 3.05) is 6.54 Å². The van der Waals surface area contributed by atoms with Gasteiger partial charge in [-0.15, -0.1) is 0 Å². The molecule has 0 aliphatic carbocycles. The van der Waals surface area contributed by atoms with Crippen LogP contribution in [0.3, 0.4) is 0 Å². The predicted molar refractivity (Wildman–Crippen MR) is 69.6 cm³/mol. The zero-order chi connectivity index (χ0) is 13.8. The van der Waals surface area contributed by atoms with Gasteiger partial charge in [0.25, 0.3) is 5.56 Å². The summed E-state index contributed by atoms with van der Waals surface area (Å²) in [5, 5.41) is 2.25. The van der Waals surface area contributed by atoms with E-state index < -0.39 is 6.03 Å². The standard InChI is InChI=1S/C13H17N3O3/c1-2-6-15-7-3-4-10(12(15)18)9-16-8-5-11(17)14-13(16)19/h3-4,7H,2,5-6,8-9H2,1H3,(H,14,17,19). The third-order valence-electron chi connectivity index (χ3n) is 3.07.